The highest BCUT2D eigenvalue weighted by Crippen LogP contribution is 2.47. The topological polar surface area (TPSA) is 66.8 Å². The SMILES string of the molecule is CCCCC1(O)Oc2ccccc2C1C(=O)c1ccc(O)cc1. The minimum atomic E-state index is -1.52. The van der Waals surface area contributed by atoms with Crippen LogP contribution in [0.5, 0.6) is 11.5 Å². The summed E-state index contributed by atoms with van der Waals surface area (Å²) in [5.41, 5.74) is 1.16. The van der Waals surface area contributed by atoms with Crippen LogP contribution in [0.2, 0.25) is 0 Å². The van der Waals surface area contributed by atoms with Crippen molar-refractivity contribution in [1.29, 1.82) is 0 Å². The van der Waals surface area contributed by atoms with E-state index in [0.29, 0.717) is 23.3 Å². The minimum Gasteiger partial charge on any atom is -0.508 e. The second kappa shape index (κ2) is 6.05. The highest BCUT2D eigenvalue weighted by atomic mass is 16.6. The summed E-state index contributed by atoms with van der Waals surface area (Å²) in [4.78, 5) is 13.0. The fourth-order valence-electron chi connectivity index (χ4n) is 3.07. The lowest BCUT2D eigenvalue weighted by Crippen LogP contribution is -2.41. The molecule has 0 aliphatic carbocycles. The maximum absolute atomic E-state index is 13.0. The number of hydrogen-bond acceptors (Lipinski definition) is 4. The van der Waals surface area contributed by atoms with Crippen molar-refractivity contribution >= 4 is 5.78 Å². The van der Waals surface area contributed by atoms with Gasteiger partial charge in [-0.3, -0.25) is 4.79 Å². The van der Waals surface area contributed by atoms with E-state index in [1.807, 2.05) is 25.1 Å². The summed E-state index contributed by atoms with van der Waals surface area (Å²) < 4.78 is 5.76. The van der Waals surface area contributed by atoms with Crippen LogP contribution in [0, 0.1) is 0 Å². The first-order chi connectivity index (χ1) is 11.0. The van der Waals surface area contributed by atoms with Crippen molar-refractivity contribution in [2.75, 3.05) is 0 Å². The Bertz CT molecular complexity index is 708. The number of aliphatic hydroxyl groups is 1. The fourth-order valence-corrected chi connectivity index (χ4v) is 3.07. The van der Waals surface area contributed by atoms with Crippen molar-refractivity contribution in [3.05, 3.63) is 59.7 Å². The molecule has 2 N–H and O–H groups in total. The Morgan fingerprint density at radius 3 is 2.57 bits per heavy atom. The van der Waals surface area contributed by atoms with Crippen LogP contribution < -0.4 is 4.74 Å². The number of rotatable bonds is 5. The van der Waals surface area contributed by atoms with Crippen molar-refractivity contribution < 1.29 is 19.7 Å². The van der Waals surface area contributed by atoms with E-state index < -0.39 is 11.7 Å². The first-order valence-electron chi connectivity index (χ1n) is 7.88. The van der Waals surface area contributed by atoms with Gasteiger partial charge in [-0.05, 0) is 36.8 Å². The van der Waals surface area contributed by atoms with Crippen LogP contribution in [0.15, 0.2) is 48.5 Å². The van der Waals surface area contributed by atoms with Crippen LogP contribution in [0.4, 0.5) is 0 Å². The van der Waals surface area contributed by atoms with Crippen LogP contribution in [0.3, 0.4) is 0 Å². The van der Waals surface area contributed by atoms with Gasteiger partial charge in [0.1, 0.15) is 17.4 Å². The predicted molar refractivity (Wildman–Crippen MR) is 86.7 cm³/mol. The number of phenols is 1. The van der Waals surface area contributed by atoms with Crippen molar-refractivity contribution in [2.24, 2.45) is 0 Å². The van der Waals surface area contributed by atoms with Gasteiger partial charge in [-0.2, -0.15) is 0 Å². The number of hydrogen-bond donors (Lipinski definition) is 2. The number of carbonyl (C=O) groups is 1. The molecule has 2 unspecified atom stereocenters. The molecule has 3 rings (SSSR count). The number of para-hydroxylation sites is 1. The Morgan fingerprint density at radius 1 is 1.17 bits per heavy atom. The third-order valence-corrected chi connectivity index (χ3v) is 4.27. The molecule has 4 nitrogen and oxygen atoms in total. The molecule has 4 heteroatoms. The molecule has 0 saturated heterocycles. The number of phenolic OH excluding ortho intramolecular Hbond substituents is 1. The molecule has 120 valence electrons. The van der Waals surface area contributed by atoms with Crippen LogP contribution in [0.1, 0.15) is 48.0 Å². The molecule has 0 amide bonds. The summed E-state index contributed by atoms with van der Waals surface area (Å²) in [6.45, 7) is 2.03. The van der Waals surface area contributed by atoms with Gasteiger partial charge in [0.05, 0.1) is 0 Å². The monoisotopic (exact) mass is 312 g/mol. The Kier molecular flexibility index (Phi) is 4.09. The molecule has 2 aromatic rings. The van der Waals surface area contributed by atoms with Gasteiger partial charge in [-0.15, -0.1) is 0 Å². The molecule has 1 aliphatic rings. The van der Waals surface area contributed by atoms with Gasteiger partial charge in [0.15, 0.2) is 5.78 Å². The van der Waals surface area contributed by atoms with E-state index in [1.165, 1.54) is 12.1 Å². The zero-order valence-corrected chi connectivity index (χ0v) is 13.0. The number of benzene rings is 2. The summed E-state index contributed by atoms with van der Waals surface area (Å²) in [5, 5.41) is 20.4. The van der Waals surface area contributed by atoms with Crippen LogP contribution in [-0.4, -0.2) is 21.8 Å². The Labute approximate surface area is 135 Å². The van der Waals surface area contributed by atoms with E-state index in [1.54, 1.807) is 18.2 Å². The second-order valence-corrected chi connectivity index (χ2v) is 5.93. The molecule has 23 heavy (non-hydrogen) atoms. The first-order valence-corrected chi connectivity index (χ1v) is 7.88. The lowest BCUT2D eigenvalue weighted by atomic mass is 9.83. The maximum Gasteiger partial charge on any atom is 0.222 e. The molecule has 1 aliphatic heterocycles. The molecule has 0 saturated carbocycles. The summed E-state index contributed by atoms with van der Waals surface area (Å²) in [5.74, 6) is -1.81. The molecule has 0 bridgehead atoms. The quantitative estimate of drug-likeness (QED) is 0.827. The van der Waals surface area contributed by atoms with E-state index >= 15 is 0 Å². The third kappa shape index (κ3) is 2.82. The average Bonchev–Trinajstić information content (AvgIpc) is 2.85. The number of Topliss-reactive ketones (excluding diaryl/α,β-unsaturated/α-hetero) is 1. The Hall–Kier alpha value is -2.33. The van der Waals surface area contributed by atoms with Crippen molar-refractivity contribution in [2.45, 2.75) is 37.9 Å². The van der Waals surface area contributed by atoms with E-state index in [0.717, 1.165) is 12.8 Å². The molecular weight excluding hydrogens is 292 g/mol. The van der Waals surface area contributed by atoms with E-state index in [9.17, 15) is 15.0 Å². The summed E-state index contributed by atoms with van der Waals surface area (Å²) >= 11 is 0. The molecule has 2 aromatic carbocycles. The van der Waals surface area contributed by atoms with Gasteiger partial charge in [-0.1, -0.05) is 31.5 Å². The first kappa shape index (κ1) is 15.6. The van der Waals surface area contributed by atoms with Crippen molar-refractivity contribution in [1.82, 2.24) is 0 Å². The van der Waals surface area contributed by atoms with Crippen LogP contribution in [0.25, 0.3) is 0 Å². The van der Waals surface area contributed by atoms with Gasteiger partial charge in [-0.25, -0.2) is 0 Å². The smallest absolute Gasteiger partial charge is 0.222 e. The van der Waals surface area contributed by atoms with Crippen LogP contribution >= 0.6 is 0 Å². The average molecular weight is 312 g/mol. The predicted octanol–water partition coefficient (Wildman–Crippen LogP) is 3.63. The van der Waals surface area contributed by atoms with Gasteiger partial charge in [0, 0.05) is 17.5 Å². The number of unbranched alkanes of at least 4 members (excludes halogenated alkanes) is 1. The number of aromatic hydroxyl groups is 1. The number of carbonyl (C=O) groups excluding carboxylic acids is 1. The van der Waals surface area contributed by atoms with Crippen molar-refractivity contribution in [3.8, 4) is 11.5 Å². The van der Waals surface area contributed by atoms with Gasteiger partial charge in [0.25, 0.3) is 0 Å². The Morgan fingerprint density at radius 2 is 1.87 bits per heavy atom. The molecule has 1 heterocycles. The number of fused-ring (bicyclic) bond motifs is 1. The zero-order valence-electron chi connectivity index (χ0n) is 13.0. The fraction of sp³-hybridized carbons (Fsp3) is 0.316. The van der Waals surface area contributed by atoms with Gasteiger partial charge < -0.3 is 14.9 Å². The molecule has 2 atom stereocenters. The largest absolute Gasteiger partial charge is 0.508 e. The lowest BCUT2D eigenvalue weighted by molar-refractivity contribution is -0.137. The summed E-state index contributed by atoms with van der Waals surface area (Å²) in [6.07, 6.45) is 2.07. The Balaban J connectivity index is 2.01. The number of ketones is 1. The van der Waals surface area contributed by atoms with Crippen LogP contribution in [-0.2, 0) is 0 Å². The molecule has 0 fully saturated rings. The van der Waals surface area contributed by atoms with Crippen molar-refractivity contribution in [3.63, 3.8) is 0 Å². The summed E-state index contributed by atoms with van der Waals surface area (Å²) in [6, 6.07) is 13.3. The zero-order chi connectivity index (χ0) is 16.4. The summed E-state index contributed by atoms with van der Waals surface area (Å²) in [7, 11) is 0. The van der Waals surface area contributed by atoms with E-state index in [4.69, 9.17) is 4.74 Å². The third-order valence-electron chi connectivity index (χ3n) is 4.27. The second-order valence-electron chi connectivity index (χ2n) is 5.93. The highest BCUT2D eigenvalue weighted by Gasteiger charge is 2.50. The molecule has 0 spiro atoms. The lowest BCUT2D eigenvalue weighted by Gasteiger charge is -2.28. The normalized spacial score (nSPS) is 22.4. The highest BCUT2D eigenvalue weighted by molar-refractivity contribution is 6.02. The molecule has 0 radical (unpaired) electrons. The molecular formula is C19H20O4. The number of ether oxygens (including phenoxy) is 1. The molecule has 0 aromatic heterocycles. The maximum atomic E-state index is 13.0. The minimum absolute atomic E-state index is 0.103. The standard InChI is InChI=1S/C19H20O4/c1-2-3-12-19(22)17(15-6-4-5-7-16(15)23-19)18(21)13-8-10-14(20)11-9-13/h4-11,17,20,22H,2-3,12H2,1H3. The van der Waals surface area contributed by atoms with E-state index in [2.05, 4.69) is 0 Å². The van der Waals surface area contributed by atoms with E-state index in [-0.39, 0.29) is 11.5 Å². The van der Waals surface area contributed by atoms with Gasteiger partial charge in [0.2, 0.25) is 5.79 Å². The van der Waals surface area contributed by atoms with Gasteiger partial charge >= 0.3 is 0 Å².